The summed E-state index contributed by atoms with van der Waals surface area (Å²) in [5.41, 5.74) is 2.49. The molecule has 2 aromatic rings. The van der Waals surface area contributed by atoms with Crippen LogP contribution >= 0.6 is 11.6 Å². The Morgan fingerprint density at radius 3 is 2.38 bits per heavy atom. The molecule has 0 heterocycles. The largest absolute Gasteiger partial charge is 0.350 e. The Bertz CT molecular complexity index is 858. The van der Waals surface area contributed by atoms with Gasteiger partial charge in [0.2, 0.25) is 11.8 Å². The fraction of sp³-hybridized carbons (Fsp3) is 0.417. The molecule has 1 N–H and O–H groups in total. The molecule has 5 heteroatoms. The molecule has 0 aromatic heterocycles. The highest BCUT2D eigenvalue weighted by Crippen LogP contribution is 2.21. The molecule has 0 aliphatic carbocycles. The molecule has 0 bridgehead atoms. The SMILES string of the molecule is CC[C@@H](C(=O)NC(C)(C)C)N(Cc1ccccc1Cl)C(=O)Cc1cccc(C)c1. The van der Waals surface area contributed by atoms with Crippen LogP contribution in [0.15, 0.2) is 48.5 Å². The molecule has 1 atom stereocenters. The summed E-state index contributed by atoms with van der Waals surface area (Å²) in [6.07, 6.45) is 0.761. The van der Waals surface area contributed by atoms with E-state index in [1.54, 1.807) is 11.0 Å². The molecule has 0 spiro atoms. The Labute approximate surface area is 179 Å². The molecule has 0 fully saturated rings. The van der Waals surface area contributed by atoms with Crippen LogP contribution in [0.5, 0.6) is 0 Å². The van der Waals surface area contributed by atoms with Crippen molar-refractivity contribution in [2.45, 2.75) is 65.6 Å². The van der Waals surface area contributed by atoms with Gasteiger partial charge in [0, 0.05) is 17.1 Å². The van der Waals surface area contributed by atoms with Crippen LogP contribution in [0.3, 0.4) is 0 Å². The lowest BCUT2D eigenvalue weighted by molar-refractivity contribution is -0.141. The van der Waals surface area contributed by atoms with Gasteiger partial charge in [0.1, 0.15) is 6.04 Å². The van der Waals surface area contributed by atoms with Crippen LogP contribution in [0.4, 0.5) is 0 Å². The minimum atomic E-state index is -0.567. The van der Waals surface area contributed by atoms with Crippen LogP contribution in [0.1, 0.15) is 50.8 Å². The van der Waals surface area contributed by atoms with Crippen molar-refractivity contribution in [2.75, 3.05) is 0 Å². The van der Waals surface area contributed by atoms with Crippen molar-refractivity contribution in [1.82, 2.24) is 10.2 Å². The monoisotopic (exact) mass is 414 g/mol. The Kier molecular flexibility index (Phi) is 7.86. The standard InChI is InChI=1S/C24H31ClN2O2/c1-6-21(23(29)26-24(3,4)5)27(16-19-12-7-8-13-20(19)25)22(28)15-18-11-9-10-17(2)14-18/h7-14,21H,6,15-16H2,1-5H3,(H,26,29)/t21-/m0/s1. The first-order chi connectivity index (χ1) is 13.6. The number of hydrogen-bond donors (Lipinski definition) is 1. The predicted octanol–water partition coefficient (Wildman–Crippen LogP) is 4.91. The molecule has 156 valence electrons. The van der Waals surface area contributed by atoms with E-state index in [2.05, 4.69) is 5.32 Å². The zero-order chi connectivity index (χ0) is 21.6. The Balaban J connectivity index is 2.34. The molecule has 0 aliphatic rings. The van der Waals surface area contributed by atoms with Crippen molar-refractivity contribution < 1.29 is 9.59 Å². The number of nitrogens with zero attached hydrogens (tertiary/aromatic N) is 1. The quantitative estimate of drug-likeness (QED) is 0.699. The van der Waals surface area contributed by atoms with E-state index < -0.39 is 6.04 Å². The van der Waals surface area contributed by atoms with Crippen LogP contribution < -0.4 is 5.32 Å². The van der Waals surface area contributed by atoms with Crippen LogP contribution in [0, 0.1) is 6.92 Å². The van der Waals surface area contributed by atoms with Gasteiger partial charge in [0.05, 0.1) is 6.42 Å². The van der Waals surface area contributed by atoms with Crippen molar-refractivity contribution in [3.05, 3.63) is 70.2 Å². The van der Waals surface area contributed by atoms with E-state index in [-0.39, 0.29) is 23.8 Å². The number of hydrogen-bond acceptors (Lipinski definition) is 2. The summed E-state index contributed by atoms with van der Waals surface area (Å²) >= 11 is 6.35. The van der Waals surface area contributed by atoms with Gasteiger partial charge in [0.25, 0.3) is 0 Å². The van der Waals surface area contributed by atoms with Gasteiger partial charge in [-0.2, -0.15) is 0 Å². The Morgan fingerprint density at radius 2 is 1.79 bits per heavy atom. The molecule has 2 amide bonds. The molecular weight excluding hydrogens is 384 g/mol. The Morgan fingerprint density at radius 1 is 1.10 bits per heavy atom. The number of halogens is 1. The topological polar surface area (TPSA) is 49.4 Å². The lowest BCUT2D eigenvalue weighted by atomic mass is 10.0. The van der Waals surface area contributed by atoms with Crippen LogP contribution in [-0.2, 0) is 22.6 Å². The number of rotatable bonds is 7. The number of amides is 2. The van der Waals surface area contributed by atoms with E-state index in [1.165, 1.54) is 0 Å². The summed E-state index contributed by atoms with van der Waals surface area (Å²) in [5.74, 6) is -0.240. The van der Waals surface area contributed by atoms with E-state index in [9.17, 15) is 9.59 Å². The lowest BCUT2D eigenvalue weighted by Crippen LogP contribution is -2.53. The Hall–Kier alpha value is -2.33. The zero-order valence-corrected chi connectivity index (χ0v) is 18.7. The molecule has 29 heavy (non-hydrogen) atoms. The van der Waals surface area contributed by atoms with Gasteiger partial charge >= 0.3 is 0 Å². The highest BCUT2D eigenvalue weighted by atomic mass is 35.5. The van der Waals surface area contributed by atoms with E-state index in [0.29, 0.717) is 18.0 Å². The van der Waals surface area contributed by atoms with Gasteiger partial charge in [-0.05, 0) is 51.3 Å². The van der Waals surface area contributed by atoms with Crippen LogP contribution in [0.25, 0.3) is 0 Å². The second-order valence-corrected chi connectivity index (χ2v) is 8.85. The number of benzene rings is 2. The second-order valence-electron chi connectivity index (χ2n) is 8.44. The summed E-state index contributed by atoms with van der Waals surface area (Å²) in [5, 5.41) is 3.60. The molecule has 0 unspecified atom stereocenters. The van der Waals surface area contributed by atoms with Crippen molar-refractivity contribution in [3.8, 4) is 0 Å². The third-order valence-electron chi connectivity index (χ3n) is 4.62. The van der Waals surface area contributed by atoms with E-state index in [0.717, 1.165) is 16.7 Å². The van der Waals surface area contributed by atoms with E-state index >= 15 is 0 Å². The first kappa shape index (κ1) is 23.0. The molecule has 2 rings (SSSR count). The average molecular weight is 415 g/mol. The molecule has 2 aromatic carbocycles. The summed E-state index contributed by atoms with van der Waals surface area (Å²) < 4.78 is 0. The van der Waals surface area contributed by atoms with Crippen molar-refractivity contribution in [1.29, 1.82) is 0 Å². The molecule has 0 radical (unpaired) electrons. The van der Waals surface area contributed by atoms with Crippen molar-refractivity contribution >= 4 is 23.4 Å². The predicted molar refractivity (Wildman–Crippen MR) is 119 cm³/mol. The van der Waals surface area contributed by atoms with E-state index in [1.807, 2.05) is 77.1 Å². The van der Waals surface area contributed by atoms with Gasteiger partial charge in [-0.25, -0.2) is 0 Å². The zero-order valence-electron chi connectivity index (χ0n) is 18.0. The number of nitrogens with one attached hydrogen (secondary N) is 1. The smallest absolute Gasteiger partial charge is 0.243 e. The van der Waals surface area contributed by atoms with Gasteiger partial charge in [-0.1, -0.05) is 66.6 Å². The lowest BCUT2D eigenvalue weighted by Gasteiger charge is -2.33. The summed E-state index contributed by atoms with van der Waals surface area (Å²) in [6.45, 7) is 10.0. The number of carbonyl (C=O) groups excluding carboxylic acids is 2. The van der Waals surface area contributed by atoms with Gasteiger partial charge < -0.3 is 10.2 Å². The summed E-state index contributed by atoms with van der Waals surface area (Å²) in [6, 6.07) is 14.8. The second kappa shape index (κ2) is 9.93. The highest BCUT2D eigenvalue weighted by molar-refractivity contribution is 6.31. The summed E-state index contributed by atoms with van der Waals surface area (Å²) in [7, 11) is 0. The number of carbonyl (C=O) groups is 2. The third-order valence-corrected chi connectivity index (χ3v) is 4.99. The molecule has 0 saturated carbocycles. The van der Waals surface area contributed by atoms with Crippen molar-refractivity contribution in [3.63, 3.8) is 0 Å². The summed E-state index contributed by atoms with van der Waals surface area (Å²) in [4.78, 5) is 27.9. The first-order valence-electron chi connectivity index (χ1n) is 10.0. The average Bonchev–Trinajstić information content (AvgIpc) is 2.61. The minimum Gasteiger partial charge on any atom is -0.350 e. The van der Waals surface area contributed by atoms with Gasteiger partial charge in [-0.3, -0.25) is 9.59 Å². The maximum atomic E-state index is 13.3. The van der Waals surface area contributed by atoms with Gasteiger partial charge in [0.15, 0.2) is 0 Å². The van der Waals surface area contributed by atoms with E-state index in [4.69, 9.17) is 11.6 Å². The molecule has 0 saturated heterocycles. The highest BCUT2D eigenvalue weighted by Gasteiger charge is 2.30. The maximum Gasteiger partial charge on any atom is 0.243 e. The normalized spacial score (nSPS) is 12.3. The van der Waals surface area contributed by atoms with Crippen LogP contribution in [0.2, 0.25) is 5.02 Å². The number of aryl methyl sites for hydroxylation is 1. The molecular formula is C24H31ClN2O2. The van der Waals surface area contributed by atoms with Crippen molar-refractivity contribution in [2.24, 2.45) is 0 Å². The molecule has 0 aliphatic heterocycles. The molecule has 4 nitrogen and oxygen atoms in total. The fourth-order valence-electron chi connectivity index (χ4n) is 3.28. The fourth-order valence-corrected chi connectivity index (χ4v) is 3.48. The maximum absolute atomic E-state index is 13.3. The first-order valence-corrected chi connectivity index (χ1v) is 10.4. The third kappa shape index (κ3) is 6.90. The van der Waals surface area contributed by atoms with Gasteiger partial charge in [-0.15, -0.1) is 0 Å². The van der Waals surface area contributed by atoms with Crippen LogP contribution in [-0.4, -0.2) is 28.3 Å². The minimum absolute atomic E-state index is 0.0913.